The zero-order valence-electron chi connectivity index (χ0n) is 17.2. The summed E-state index contributed by atoms with van der Waals surface area (Å²) in [5.41, 5.74) is -2.24. The second kappa shape index (κ2) is 5.97. The maximum atomic E-state index is 12.0. The Balaban J connectivity index is 2.43. The number of hydrogen-bond donors (Lipinski definition) is 2. The highest BCUT2D eigenvalue weighted by Crippen LogP contribution is 2.53. The molecule has 1 aromatic carbocycles. The first-order chi connectivity index (χ1) is 11.6. The molecule has 2 N–H and O–H groups in total. The van der Waals surface area contributed by atoms with Crippen molar-refractivity contribution in [3.05, 3.63) is 34.3 Å². The summed E-state index contributed by atoms with van der Waals surface area (Å²) in [6, 6.07) is 6.35. The van der Waals surface area contributed by atoms with Gasteiger partial charge in [0.05, 0.1) is 2.74 Å². The Labute approximate surface area is 141 Å². The van der Waals surface area contributed by atoms with E-state index >= 15 is 0 Å². The van der Waals surface area contributed by atoms with Crippen molar-refractivity contribution in [2.24, 2.45) is 5.89 Å². The molecular formula is C16H22BrNO3. The summed E-state index contributed by atoms with van der Waals surface area (Å²) >= 11 is 3.27. The molecule has 1 saturated carbocycles. The van der Waals surface area contributed by atoms with E-state index in [0.717, 1.165) is 4.47 Å². The van der Waals surface area contributed by atoms with Gasteiger partial charge in [-0.05, 0) is 50.7 Å². The predicted octanol–water partition coefficient (Wildman–Crippen LogP) is 3.22. The van der Waals surface area contributed by atoms with Crippen molar-refractivity contribution in [1.29, 1.82) is 0 Å². The van der Waals surface area contributed by atoms with Crippen LogP contribution < -0.4 is 5.32 Å². The number of rotatable bonds is 4. The Morgan fingerprint density at radius 2 is 2.24 bits per heavy atom. The highest BCUT2D eigenvalue weighted by atomic mass is 79.9. The van der Waals surface area contributed by atoms with Crippen molar-refractivity contribution in [3.63, 3.8) is 0 Å². The number of carbonyl (C=O) groups excluding carboxylic acids is 1. The van der Waals surface area contributed by atoms with E-state index < -0.39 is 42.5 Å². The minimum Gasteiger partial charge on any atom is -0.444 e. The molecule has 0 bridgehead atoms. The molecule has 0 aromatic heterocycles. The van der Waals surface area contributed by atoms with E-state index in [1.165, 1.54) is 0 Å². The van der Waals surface area contributed by atoms with Crippen molar-refractivity contribution in [3.8, 4) is 0 Å². The quantitative estimate of drug-likeness (QED) is 0.866. The molecule has 0 radical (unpaired) electrons. The minimum atomic E-state index is -3.13. The maximum absolute atomic E-state index is 12.0. The lowest BCUT2D eigenvalue weighted by Crippen LogP contribution is -2.37. The Morgan fingerprint density at radius 1 is 1.62 bits per heavy atom. The van der Waals surface area contributed by atoms with Crippen LogP contribution in [0.2, 0.25) is 0 Å². The molecule has 0 spiro atoms. The molecule has 0 heterocycles. The van der Waals surface area contributed by atoms with E-state index in [2.05, 4.69) is 21.2 Å². The molecule has 0 aliphatic heterocycles. The lowest BCUT2D eigenvalue weighted by Gasteiger charge is -2.22. The molecule has 2 rings (SSSR count). The predicted molar refractivity (Wildman–Crippen MR) is 85.2 cm³/mol. The number of halogens is 1. The molecule has 1 aromatic rings. The van der Waals surface area contributed by atoms with Crippen LogP contribution in [0.25, 0.3) is 0 Å². The highest BCUT2D eigenvalue weighted by Gasteiger charge is 2.54. The molecule has 116 valence electrons. The van der Waals surface area contributed by atoms with E-state index in [4.69, 9.17) is 11.6 Å². The zero-order valence-corrected chi connectivity index (χ0v) is 13.7. The lowest BCUT2D eigenvalue weighted by molar-refractivity contribution is 0.0520. The number of alkyl carbamates (subject to hydrolysis) is 1. The molecule has 21 heavy (non-hydrogen) atoms. The van der Waals surface area contributed by atoms with Gasteiger partial charge in [0.1, 0.15) is 5.60 Å². The zero-order chi connectivity index (χ0) is 20.2. The van der Waals surface area contributed by atoms with E-state index in [0.29, 0.717) is 5.56 Å². The maximum Gasteiger partial charge on any atom is 0.407 e. The first kappa shape index (κ1) is 10.6. The summed E-state index contributed by atoms with van der Waals surface area (Å²) in [4.78, 5) is 12.0. The first-order valence-electron chi connectivity index (χ1n) is 9.05. The van der Waals surface area contributed by atoms with E-state index in [-0.39, 0.29) is 0 Å². The largest absolute Gasteiger partial charge is 0.444 e. The van der Waals surface area contributed by atoms with Crippen LogP contribution in [0.15, 0.2) is 28.7 Å². The van der Waals surface area contributed by atoms with Crippen LogP contribution in [0.4, 0.5) is 4.79 Å². The van der Waals surface area contributed by atoms with Crippen LogP contribution in [-0.2, 0) is 10.2 Å². The second-order valence-electron chi connectivity index (χ2n) is 5.88. The number of hydrogen-bond acceptors (Lipinski definition) is 3. The minimum absolute atomic E-state index is 0.301. The van der Waals surface area contributed by atoms with Gasteiger partial charge in [0, 0.05) is 27.1 Å². The third kappa shape index (κ3) is 3.98. The van der Waals surface area contributed by atoms with Gasteiger partial charge >= 0.3 is 6.09 Å². The fraction of sp³-hybridized carbons (Fsp3) is 0.562. The Kier molecular flexibility index (Phi) is 3.02. The third-order valence-corrected chi connectivity index (χ3v) is 3.58. The van der Waals surface area contributed by atoms with Gasteiger partial charge < -0.3 is 15.2 Å². The summed E-state index contributed by atoms with van der Waals surface area (Å²) < 4.78 is 46.0. The molecule has 1 aliphatic carbocycles. The summed E-state index contributed by atoms with van der Waals surface area (Å²) in [5, 5.41) is 12.3. The molecular weight excluding hydrogens is 334 g/mol. The van der Waals surface area contributed by atoms with Gasteiger partial charge in [0.15, 0.2) is 0 Å². The first-order valence-corrected chi connectivity index (χ1v) is 7.35. The summed E-state index contributed by atoms with van der Waals surface area (Å²) in [5.74, 6) is -2.50. The summed E-state index contributed by atoms with van der Waals surface area (Å²) in [6.45, 7) is 1.50. The van der Waals surface area contributed by atoms with Crippen molar-refractivity contribution >= 4 is 22.0 Å². The number of benzene rings is 1. The van der Waals surface area contributed by atoms with Crippen molar-refractivity contribution in [2.75, 3.05) is 13.1 Å². The molecule has 0 saturated heterocycles. The lowest BCUT2D eigenvalue weighted by atomic mass is 9.93. The molecule has 1 aliphatic rings. The molecule has 0 unspecified atom stereocenters. The van der Waals surface area contributed by atoms with Gasteiger partial charge in [-0.15, -0.1) is 0 Å². The van der Waals surface area contributed by atoms with Crippen LogP contribution in [0.3, 0.4) is 0 Å². The number of nitrogens with one attached hydrogen (secondary N) is 1. The van der Waals surface area contributed by atoms with E-state index in [1.807, 2.05) is 0 Å². The Morgan fingerprint density at radius 3 is 2.71 bits per heavy atom. The Hall–Kier alpha value is -1.07. The molecule has 1 amide bonds. The number of aliphatic hydroxyl groups is 1. The van der Waals surface area contributed by atoms with Gasteiger partial charge in [0.25, 0.3) is 0 Å². The van der Waals surface area contributed by atoms with Crippen molar-refractivity contribution in [2.45, 2.75) is 38.2 Å². The third-order valence-electron chi connectivity index (χ3n) is 3.05. The number of carbonyl (C=O) groups is 1. The average Bonchev–Trinajstić information content (AvgIpc) is 2.86. The fourth-order valence-corrected chi connectivity index (χ4v) is 2.27. The van der Waals surface area contributed by atoms with Crippen molar-refractivity contribution in [1.82, 2.24) is 5.32 Å². The molecule has 4 nitrogen and oxygen atoms in total. The monoisotopic (exact) mass is 360 g/mol. The average molecular weight is 361 g/mol. The summed E-state index contributed by atoms with van der Waals surface area (Å²) in [6.07, 6.45) is -3.24. The van der Waals surface area contributed by atoms with Crippen molar-refractivity contribution < 1.29 is 21.5 Å². The highest BCUT2D eigenvalue weighted by molar-refractivity contribution is 9.10. The molecule has 5 heteroatoms. The van der Waals surface area contributed by atoms with Crippen LogP contribution in [0.5, 0.6) is 0 Å². The Bertz CT molecular complexity index is 701. The van der Waals surface area contributed by atoms with E-state index in [1.54, 1.807) is 45.0 Å². The molecule has 2 atom stereocenters. The van der Waals surface area contributed by atoms with Crippen LogP contribution in [0.1, 0.15) is 39.6 Å². The van der Waals surface area contributed by atoms with Crippen LogP contribution in [0, 0.1) is 5.89 Å². The van der Waals surface area contributed by atoms with Gasteiger partial charge in [-0.3, -0.25) is 0 Å². The normalized spacial score (nSPS) is 34.6. The fourth-order valence-electron chi connectivity index (χ4n) is 2.01. The number of ether oxygens (including phenoxy) is 1. The number of amides is 1. The SMILES string of the molecule is [2H]C([2H])(O)[C@]1([2H])C([2H])([2H])[C@@]1(CNC(=O)OC(C)(C)C)c1ccc(Br)cc1. The van der Waals surface area contributed by atoms with E-state index in [9.17, 15) is 9.90 Å². The topological polar surface area (TPSA) is 58.6 Å². The van der Waals surface area contributed by atoms with Gasteiger partial charge in [-0.2, -0.15) is 0 Å². The van der Waals surface area contributed by atoms with Crippen LogP contribution in [-0.4, -0.2) is 29.9 Å². The summed E-state index contributed by atoms with van der Waals surface area (Å²) in [7, 11) is 0. The second-order valence-corrected chi connectivity index (χ2v) is 6.80. The smallest absolute Gasteiger partial charge is 0.407 e. The van der Waals surface area contributed by atoms with Gasteiger partial charge in [-0.1, -0.05) is 28.1 Å². The van der Waals surface area contributed by atoms with Crippen LogP contribution >= 0.6 is 15.9 Å². The van der Waals surface area contributed by atoms with Gasteiger partial charge in [-0.25, -0.2) is 4.79 Å². The van der Waals surface area contributed by atoms with Gasteiger partial charge in [0.2, 0.25) is 0 Å². The molecule has 1 fully saturated rings. The standard InChI is InChI=1S/C16H22BrNO3/c1-15(2,3)21-14(20)18-10-16(8-12(16)9-19)11-4-6-13(17)7-5-11/h4-7,12,19H,8-10H2,1-3H3,(H,18,20)/t12-,16+/m0/s1/i8D2,9D2,12D.